The molecule has 0 aliphatic carbocycles. The number of carbonyl (C=O) groups is 1. The molecule has 5 heteroatoms. The second-order valence-electron chi connectivity index (χ2n) is 4.75. The second-order valence-corrected chi connectivity index (χ2v) is 4.75. The smallest absolute Gasteiger partial charge is 0.335 e. The van der Waals surface area contributed by atoms with Crippen molar-refractivity contribution in [3.8, 4) is 28.4 Å². The molecular formula is C17H18O5. The number of carboxylic acids is 1. The third-order valence-electron chi connectivity index (χ3n) is 3.45. The topological polar surface area (TPSA) is 65.0 Å². The van der Waals surface area contributed by atoms with Crippen LogP contribution in [0.5, 0.6) is 17.2 Å². The van der Waals surface area contributed by atoms with Crippen LogP contribution in [0.15, 0.2) is 30.3 Å². The SMILES string of the molecule is COc1cc(-c2ccc(C(=O)O)cc2C)cc(OC)c1OC. The number of hydrogen-bond donors (Lipinski definition) is 1. The fraction of sp³-hybridized carbons (Fsp3) is 0.235. The Bertz CT molecular complexity index is 681. The van der Waals surface area contributed by atoms with E-state index in [4.69, 9.17) is 19.3 Å². The Morgan fingerprint density at radius 3 is 1.95 bits per heavy atom. The van der Waals surface area contributed by atoms with E-state index in [1.807, 2.05) is 19.1 Å². The van der Waals surface area contributed by atoms with Crippen molar-refractivity contribution in [3.63, 3.8) is 0 Å². The summed E-state index contributed by atoms with van der Waals surface area (Å²) in [5.41, 5.74) is 2.89. The van der Waals surface area contributed by atoms with Crippen molar-refractivity contribution in [1.29, 1.82) is 0 Å². The van der Waals surface area contributed by atoms with E-state index >= 15 is 0 Å². The fourth-order valence-corrected chi connectivity index (χ4v) is 2.36. The lowest BCUT2D eigenvalue weighted by atomic mass is 9.97. The van der Waals surface area contributed by atoms with Crippen LogP contribution < -0.4 is 14.2 Å². The molecule has 0 radical (unpaired) electrons. The maximum absolute atomic E-state index is 11.0. The summed E-state index contributed by atoms with van der Waals surface area (Å²) >= 11 is 0. The maximum atomic E-state index is 11.0. The number of carboxylic acid groups (broad SMARTS) is 1. The van der Waals surface area contributed by atoms with E-state index in [2.05, 4.69) is 0 Å². The average molecular weight is 302 g/mol. The first kappa shape index (κ1) is 15.7. The van der Waals surface area contributed by atoms with Crippen molar-refractivity contribution in [1.82, 2.24) is 0 Å². The molecule has 0 saturated carbocycles. The summed E-state index contributed by atoms with van der Waals surface area (Å²) in [7, 11) is 4.66. The molecule has 0 atom stereocenters. The molecule has 0 saturated heterocycles. The van der Waals surface area contributed by atoms with Crippen molar-refractivity contribution in [2.75, 3.05) is 21.3 Å². The Balaban J connectivity index is 2.60. The van der Waals surface area contributed by atoms with E-state index in [0.717, 1.165) is 16.7 Å². The zero-order valence-corrected chi connectivity index (χ0v) is 13.0. The Morgan fingerprint density at radius 2 is 1.55 bits per heavy atom. The van der Waals surface area contributed by atoms with E-state index in [1.165, 1.54) is 0 Å². The molecule has 0 fully saturated rings. The van der Waals surface area contributed by atoms with E-state index in [1.54, 1.807) is 39.5 Å². The molecule has 2 aromatic rings. The standard InChI is InChI=1S/C17H18O5/c1-10-7-11(17(18)19)5-6-13(10)12-8-14(20-2)16(22-4)15(9-12)21-3/h5-9H,1-4H3,(H,18,19). The van der Waals surface area contributed by atoms with E-state index in [9.17, 15) is 4.79 Å². The van der Waals surface area contributed by atoms with Crippen molar-refractivity contribution in [3.05, 3.63) is 41.5 Å². The highest BCUT2D eigenvalue weighted by atomic mass is 16.5. The Kier molecular flexibility index (Phi) is 4.56. The van der Waals surface area contributed by atoms with Crippen LogP contribution in [-0.4, -0.2) is 32.4 Å². The highest BCUT2D eigenvalue weighted by Gasteiger charge is 2.15. The minimum atomic E-state index is -0.945. The average Bonchev–Trinajstić information content (AvgIpc) is 2.53. The molecule has 0 aromatic heterocycles. The zero-order valence-electron chi connectivity index (χ0n) is 13.0. The zero-order chi connectivity index (χ0) is 16.3. The van der Waals surface area contributed by atoms with Gasteiger partial charge in [0.2, 0.25) is 5.75 Å². The van der Waals surface area contributed by atoms with Gasteiger partial charge in [-0.25, -0.2) is 4.79 Å². The Labute approximate surface area is 129 Å². The van der Waals surface area contributed by atoms with Gasteiger partial charge in [-0.2, -0.15) is 0 Å². The van der Waals surface area contributed by atoms with Crippen molar-refractivity contribution in [2.24, 2.45) is 0 Å². The largest absolute Gasteiger partial charge is 0.493 e. The summed E-state index contributed by atoms with van der Waals surface area (Å²) in [6.07, 6.45) is 0. The Hall–Kier alpha value is -2.69. The lowest BCUT2D eigenvalue weighted by Gasteiger charge is -2.15. The van der Waals surface area contributed by atoms with Gasteiger partial charge in [-0.15, -0.1) is 0 Å². The summed E-state index contributed by atoms with van der Waals surface area (Å²) in [5, 5.41) is 9.05. The van der Waals surface area contributed by atoms with Gasteiger partial charge in [0.25, 0.3) is 0 Å². The van der Waals surface area contributed by atoms with Crippen LogP contribution in [0.1, 0.15) is 15.9 Å². The summed E-state index contributed by atoms with van der Waals surface area (Å²) in [6, 6.07) is 8.67. The number of aryl methyl sites for hydroxylation is 1. The summed E-state index contributed by atoms with van der Waals surface area (Å²) in [6.45, 7) is 1.87. The third-order valence-corrected chi connectivity index (χ3v) is 3.45. The molecule has 0 aliphatic heterocycles. The van der Waals surface area contributed by atoms with Crippen LogP contribution in [0.3, 0.4) is 0 Å². The van der Waals surface area contributed by atoms with Gasteiger partial charge in [0.15, 0.2) is 11.5 Å². The molecule has 0 amide bonds. The van der Waals surface area contributed by atoms with Crippen molar-refractivity contribution < 1.29 is 24.1 Å². The van der Waals surface area contributed by atoms with Gasteiger partial charge < -0.3 is 19.3 Å². The van der Waals surface area contributed by atoms with Gasteiger partial charge in [-0.3, -0.25) is 0 Å². The van der Waals surface area contributed by atoms with Gasteiger partial charge >= 0.3 is 5.97 Å². The highest BCUT2D eigenvalue weighted by Crippen LogP contribution is 2.41. The molecular weight excluding hydrogens is 284 g/mol. The number of benzene rings is 2. The van der Waals surface area contributed by atoms with E-state index in [-0.39, 0.29) is 5.56 Å². The van der Waals surface area contributed by atoms with Gasteiger partial charge in [-0.05, 0) is 47.9 Å². The first-order valence-corrected chi connectivity index (χ1v) is 6.66. The number of ether oxygens (including phenoxy) is 3. The molecule has 2 rings (SSSR count). The van der Waals surface area contributed by atoms with Crippen LogP contribution in [0.4, 0.5) is 0 Å². The molecule has 116 valence electrons. The van der Waals surface area contributed by atoms with Crippen LogP contribution in [0, 0.1) is 6.92 Å². The lowest BCUT2D eigenvalue weighted by molar-refractivity contribution is 0.0697. The van der Waals surface area contributed by atoms with Gasteiger partial charge in [0, 0.05) is 0 Å². The van der Waals surface area contributed by atoms with Crippen LogP contribution >= 0.6 is 0 Å². The van der Waals surface area contributed by atoms with Gasteiger partial charge in [-0.1, -0.05) is 6.07 Å². The molecule has 0 heterocycles. The molecule has 0 aliphatic rings. The maximum Gasteiger partial charge on any atom is 0.335 e. The first-order chi connectivity index (χ1) is 10.5. The van der Waals surface area contributed by atoms with Gasteiger partial charge in [0.1, 0.15) is 0 Å². The predicted octanol–water partition coefficient (Wildman–Crippen LogP) is 3.39. The molecule has 22 heavy (non-hydrogen) atoms. The minimum Gasteiger partial charge on any atom is -0.493 e. The number of hydrogen-bond acceptors (Lipinski definition) is 4. The number of aromatic carboxylic acids is 1. The first-order valence-electron chi connectivity index (χ1n) is 6.66. The quantitative estimate of drug-likeness (QED) is 0.917. The van der Waals surface area contributed by atoms with Crippen LogP contribution in [0.25, 0.3) is 11.1 Å². The monoisotopic (exact) mass is 302 g/mol. The van der Waals surface area contributed by atoms with Crippen LogP contribution in [-0.2, 0) is 0 Å². The third kappa shape index (κ3) is 2.83. The second kappa shape index (κ2) is 6.39. The highest BCUT2D eigenvalue weighted by molar-refractivity contribution is 5.89. The lowest BCUT2D eigenvalue weighted by Crippen LogP contribution is -1.98. The summed E-state index contributed by atoms with van der Waals surface area (Å²) < 4.78 is 16.0. The molecule has 0 bridgehead atoms. The molecule has 2 aromatic carbocycles. The molecule has 5 nitrogen and oxygen atoms in total. The Morgan fingerprint density at radius 1 is 0.955 bits per heavy atom. The molecule has 0 unspecified atom stereocenters. The number of methoxy groups -OCH3 is 3. The van der Waals surface area contributed by atoms with Crippen LogP contribution in [0.2, 0.25) is 0 Å². The fourth-order valence-electron chi connectivity index (χ4n) is 2.36. The summed E-state index contributed by atoms with van der Waals surface area (Å²) in [5.74, 6) is 0.685. The number of rotatable bonds is 5. The van der Waals surface area contributed by atoms with E-state index < -0.39 is 5.97 Å². The van der Waals surface area contributed by atoms with E-state index in [0.29, 0.717) is 17.2 Å². The minimum absolute atomic E-state index is 0.258. The van der Waals surface area contributed by atoms with Crippen molar-refractivity contribution >= 4 is 5.97 Å². The molecule has 1 N–H and O–H groups in total. The van der Waals surface area contributed by atoms with Crippen molar-refractivity contribution in [2.45, 2.75) is 6.92 Å². The van der Waals surface area contributed by atoms with Gasteiger partial charge in [0.05, 0.1) is 26.9 Å². The molecule has 0 spiro atoms. The summed E-state index contributed by atoms with van der Waals surface area (Å²) in [4.78, 5) is 11.0. The normalized spacial score (nSPS) is 10.2. The predicted molar refractivity (Wildman–Crippen MR) is 83.2 cm³/mol.